The SMILES string of the molecule is CC1(CN(C(=O)C(F)(F)F)C2CC2)CNC1. The van der Waals surface area contributed by atoms with Crippen molar-refractivity contribution in [1.29, 1.82) is 0 Å². The molecule has 0 aromatic carbocycles. The van der Waals surface area contributed by atoms with Crippen LogP contribution in [0, 0.1) is 5.41 Å². The van der Waals surface area contributed by atoms with Crippen LogP contribution in [0.3, 0.4) is 0 Å². The van der Waals surface area contributed by atoms with Crippen molar-refractivity contribution in [1.82, 2.24) is 10.2 Å². The highest BCUT2D eigenvalue weighted by Gasteiger charge is 2.49. The zero-order chi connectivity index (χ0) is 12.0. The van der Waals surface area contributed by atoms with Crippen LogP contribution in [0.4, 0.5) is 13.2 Å². The Hall–Kier alpha value is -0.780. The Morgan fingerprint density at radius 3 is 2.31 bits per heavy atom. The molecule has 0 spiro atoms. The van der Waals surface area contributed by atoms with Gasteiger partial charge in [-0.25, -0.2) is 0 Å². The van der Waals surface area contributed by atoms with Crippen molar-refractivity contribution < 1.29 is 18.0 Å². The van der Waals surface area contributed by atoms with Gasteiger partial charge >= 0.3 is 12.1 Å². The molecular weight excluding hydrogens is 221 g/mol. The lowest BCUT2D eigenvalue weighted by Crippen LogP contribution is -2.59. The first kappa shape index (κ1) is 11.7. The zero-order valence-electron chi connectivity index (χ0n) is 9.10. The Bertz CT molecular complexity index is 295. The molecule has 2 aliphatic rings. The van der Waals surface area contributed by atoms with Gasteiger partial charge in [0.25, 0.3) is 0 Å². The van der Waals surface area contributed by atoms with Crippen LogP contribution in [0.25, 0.3) is 0 Å². The number of carbonyl (C=O) groups is 1. The van der Waals surface area contributed by atoms with Crippen LogP contribution >= 0.6 is 0 Å². The predicted molar refractivity (Wildman–Crippen MR) is 51.8 cm³/mol. The van der Waals surface area contributed by atoms with Gasteiger partial charge in [-0.3, -0.25) is 4.79 Å². The van der Waals surface area contributed by atoms with Crippen molar-refractivity contribution in [3.63, 3.8) is 0 Å². The molecule has 0 radical (unpaired) electrons. The molecule has 16 heavy (non-hydrogen) atoms. The van der Waals surface area contributed by atoms with E-state index in [-0.39, 0.29) is 18.0 Å². The number of hydrogen-bond donors (Lipinski definition) is 1. The van der Waals surface area contributed by atoms with Crippen LogP contribution in [-0.2, 0) is 4.79 Å². The van der Waals surface area contributed by atoms with Crippen LogP contribution in [0.5, 0.6) is 0 Å². The molecule has 6 heteroatoms. The summed E-state index contributed by atoms with van der Waals surface area (Å²) in [4.78, 5) is 12.3. The highest BCUT2D eigenvalue weighted by atomic mass is 19.4. The molecule has 1 saturated carbocycles. The van der Waals surface area contributed by atoms with Gasteiger partial charge in [-0.1, -0.05) is 6.92 Å². The molecule has 0 bridgehead atoms. The molecule has 0 unspecified atom stereocenters. The number of hydrogen-bond acceptors (Lipinski definition) is 2. The number of alkyl halides is 3. The number of halogens is 3. The first-order valence-electron chi connectivity index (χ1n) is 5.40. The molecule has 0 atom stereocenters. The third-order valence-electron chi connectivity index (χ3n) is 3.15. The monoisotopic (exact) mass is 236 g/mol. The average Bonchev–Trinajstić information content (AvgIpc) is 2.92. The molecule has 1 aliphatic heterocycles. The maximum Gasteiger partial charge on any atom is 0.471 e. The number of rotatable bonds is 3. The normalized spacial score (nSPS) is 23.8. The lowest BCUT2D eigenvalue weighted by Gasteiger charge is -2.43. The highest BCUT2D eigenvalue weighted by molar-refractivity contribution is 5.82. The van der Waals surface area contributed by atoms with Gasteiger partial charge in [-0.15, -0.1) is 0 Å². The van der Waals surface area contributed by atoms with E-state index in [9.17, 15) is 18.0 Å². The molecule has 1 aliphatic carbocycles. The summed E-state index contributed by atoms with van der Waals surface area (Å²) in [5.41, 5.74) is -0.191. The van der Waals surface area contributed by atoms with Crippen molar-refractivity contribution in [3.8, 4) is 0 Å². The Balaban J connectivity index is 2.02. The van der Waals surface area contributed by atoms with E-state index < -0.39 is 12.1 Å². The van der Waals surface area contributed by atoms with E-state index in [0.29, 0.717) is 25.9 Å². The molecule has 0 aromatic heterocycles. The smallest absolute Gasteiger partial charge is 0.331 e. The van der Waals surface area contributed by atoms with Crippen molar-refractivity contribution in [2.75, 3.05) is 19.6 Å². The fraction of sp³-hybridized carbons (Fsp3) is 0.900. The molecule has 0 aromatic rings. The number of amides is 1. The van der Waals surface area contributed by atoms with E-state index >= 15 is 0 Å². The van der Waals surface area contributed by atoms with Gasteiger partial charge in [0.2, 0.25) is 0 Å². The second-order valence-corrected chi connectivity index (χ2v) is 5.08. The second-order valence-electron chi connectivity index (χ2n) is 5.08. The third kappa shape index (κ3) is 2.31. The number of nitrogens with zero attached hydrogens (tertiary/aromatic N) is 1. The first-order valence-corrected chi connectivity index (χ1v) is 5.40. The largest absolute Gasteiger partial charge is 0.471 e. The fourth-order valence-corrected chi connectivity index (χ4v) is 1.99. The predicted octanol–water partition coefficient (Wildman–Crippen LogP) is 1.15. The molecule has 1 N–H and O–H groups in total. The first-order chi connectivity index (χ1) is 7.32. The van der Waals surface area contributed by atoms with Gasteiger partial charge < -0.3 is 10.2 Å². The molecule has 1 heterocycles. The number of nitrogens with one attached hydrogen (secondary N) is 1. The van der Waals surface area contributed by atoms with Crippen LogP contribution in [-0.4, -0.2) is 42.7 Å². The van der Waals surface area contributed by atoms with E-state index in [1.54, 1.807) is 0 Å². The van der Waals surface area contributed by atoms with E-state index in [2.05, 4.69) is 5.32 Å². The van der Waals surface area contributed by atoms with Crippen LogP contribution in [0.15, 0.2) is 0 Å². The van der Waals surface area contributed by atoms with Crippen LogP contribution in [0.1, 0.15) is 19.8 Å². The van der Waals surface area contributed by atoms with E-state index in [0.717, 1.165) is 4.90 Å². The molecule has 1 amide bonds. The van der Waals surface area contributed by atoms with Gasteiger partial charge in [0.1, 0.15) is 0 Å². The zero-order valence-corrected chi connectivity index (χ0v) is 9.10. The van der Waals surface area contributed by atoms with E-state index in [1.165, 1.54) is 0 Å². The minimum absolute atomic E-state index is 0.188. The Morgan fingerprint density at radius 2 is 2.00 bits per heavy atom. The Kier molecular flexibility index (Phi) is 2.64. The highest BCUT2D eigenvalue weighted by Crippen LogP contribution is 2.34. The Morgan fingerprint density at radius 1 is 1.44 bits per heavy atom. The van der Waals surface area contributed by atoms with Gasteiger partial charge in [-0.2, -0.15) is 13.2 Å². The van der Waals surface area contributed by atoms with Crippen LogP contribution in [0.2, 0.25) is 0 Å². The van der Waals surface area contributed by atoms with Gasteiger partial charge in [0.05, 0.1) is 0 Å². The lowest BCUT2D eigenvalue weighted by atomic mass is 9.83. The summed E-state index contributed by atoms with van der Waals surface area (Å²) >= 11 is 0. The fourth-order valence-electron chi connectivity index (χ4n) is 1.99. The average molecular weight is 236 g/mol. The summed E-state index contributed by atoms with van der Waals surface area (Å²) in [6.45, 7) is 3.48. The summed E-state index contributed by atoms with van der Waals surface area (Å²) in [5, 5.41) is 3.02. The molecular formula is C10H15F3N2O. The van der Waals surface area contributed by atoms with Gasteiger partial charge in [0.15, 0.2) is 0 Å². The standard InChI is InChI=1S/C10H15F3N2O/c1-9(4-14-5-9)6-15(7-2-3-7)8(16)10(11,12)13/h7,14H,2-6H2,1H3. The van der Waals surface area contributed by atoms with Crippen molar-refractivity contribution >= 4 is 5.91 Å². The molecule has 2 fully saturated rings. The summed E-state index contributed by atoms with van der Waals surface area (Å²) in [6, 6.07) is -0.188. The van der Waals surface area contributed by atoms with Gasteiger partial charge in [-0.05, 0) is 12.8 Å². The topological polar surface area (TPSA) is 32.3 Å². The molecule has 92 valence electrons. The quantitative estimate of drug-likeness (QED) is 0.797. The summed E-state index contributed by atoms with van der Waals surface area (Å²) in [7, 11) is 0. The summed E-state index contributed by atoms with van der Waals surface area (Å²) < 4.78 is 37.1. The number of carbonyl (C=O) groups excluding carboxylic acids is 1. The molecule has 1 saturated heterocycles. The van der Waals surface area contributed by atoms with Gasteiger partial charge in [0, 0.05) is 31.1 Å². The Labute approximate surface area is 92.0 Å². The third-order valence-corrected chi connectivity index (χ3v) is 3.15. The maximum atomic E-state index is 12.4. The second kappa shape index (κ2) is 3.61. The summed E-state index contributed by atoms with van der Waals surface area (Å²) in [5.74, 6) is -1.68. The molecule has 2 rings (SSSR count). The molecule has 3 nitrogen and oxygen atoms in total. The lowest BCUT2D eigenvalue weighted by molar-refractivity contribution is -0.188. The summed E-state index contributed by atoms with van der Waals surface area (Å²) in [6.07, 6.45) is -3.34. The maximum absolute atomic E-state index is 12.4. The van der Waals surface area contributed by atoms with E-state index in [4.69, 9.17) is 0 Å². The van der Waals surface area contributed by atoms with Crippen molar-refractivity contribution in [3.05, 3.63) is 0 Å². The van der Waals surface area contributed by atoms with Crippen molar-refractivity contribution in [2.24, 2.45) is 5.41 Å². The van der Waals surface area contributed by atoms with E-state index in [1.807, 2.05) is 6.92 Å². The van der Waals surface area contributed by atoms with Crippen LogP contribution < -0.4 is 5.32 Å². The van der Waals surface area contributed by atoms with Crippen molar-refractivity contribution in [2.45, 2.75) is 32.0 Å². The minimum atomic E-state index is -4.74. The minimum Gasteiger partial charge on any atom is -0.331 e.